The first-order valence-electron chi connectivity index (χ1n) is 7.55. The molecule has 0 saturated heterocycles. The molecule has 2 aromatic carbocycles. The maximum atomic E-state index is 13.7. The number of amides is 1. The van der Waals surface area contributed by atoms with Gasteiger partial charge in [-0.3, -0.25) is 4.79 Å². The molecule has 2 heterocycles. The zero-order chi connectivity index (χ0) is 18.1. The molecule has 4 nitrogen and oxygen atoms in total. The Morgan fingerprint density at radius 2 is 2.08 bits per heavy atom. The van der Waals surface area contributed by atoms with Gasteiger partial charge in [-0.15, -0.1) is 11.3 Å². The van der Waals surface area contributed by atoms with Crippen molar-refractivity contribution in [2.75, 3.05) is 10.0 Å². The predicted octanol–water partition coefficient (Wildman–Crippen LogP) is 5.03. The van der Waals surface area contributed by atoms with Crippen molar-refractivity contribution in [3.05, 3.63) is 70.2 Å². The van der Waals surface area contributed by atoms with Crippen LogP contribution in [0.3, 0.4) is 0 Å². The first kappa shape index (κ1) is 16.7. The number of thiazole rings is 1. The molecule has 4 rings (SSSR count). The first-order chi connectivity index (χ1) is 12.6. The van der Waals surface area contributed by atoms with Gasteiger partial charge in [0.05, 0.1) is 11.3 Å². The number of fused-ring (bicyclic) bond motifs is 1. The third-order valence-electron chi connectivity index (χ3n) is 3.70. The largest absolute Gasteiger partial charge is 0.323 e. The molecule has 2 N–H and O–H groups in total. The number of carbonyl (C=O) groups excluding carboxylic acids is 1. The van der Waals surface area contributed by atoms with E-state index in [1.54, 1.807) is 24.4 Å². The summed E-state index contributed by atoms with van der Waals surface area (Å²) in [7, 11) is 0. The Morgan fingerprint density at radius 1 is 1.19 bits per heavy atom. The molecule has 0 aliphatic carbocycles. The summed E-state index contributed by atoms with van der Waals surface area (Å²) in [6, 6.07) is 8.62. The molecule has 1 aliphatic rings. The molecule has 0 spiro atoms. The third kappa shape index (κ3) is 3.33. The van der Waals surface area contributed by atoms with Gasteiger partial charge in [-0.2, -0.15) is 0 Å². The average Bonchev–Trinajstić information content (AvgIpc) is 3.24. The normalized spacial score (nSPS) is 14.4. The molecule has 0 radical (unpaired) electrons. The van der Waals surface area contributed by atoms with Crippen LogP contribution in [0.4, 0.5) is 20.2 Å². The number of rotatable bonds is 4. The summed E-state index contributed by atoms with van der Waals surface area (Å²) >= 11 is 2.58. The summed E-state index contributed by atoms with van der Waals surface area (Å²) in [4.78, 5) is 17.1. The molecule has 26 heavy (non-hydrogen) atoms. The van der Waals surface area contributed by atoms with Crippen molar-refractivity contribution in [3.8, 4) is 0 Å². The van der Waals surface area contributed by atoms with Crippen molar-refractivity contribution < 1.29 is 13.6 Å². The van der Waals surface area contributed by atoms with E-state index in [1.165, 1.54) is 11.3 Å². The van der Waals surface area contributed by atoms with Gasteiger partial charge in [0.1, 0.15) is 16.6 Å². The minimum atomic E-state index is -0.541. The Bertz CT molecular complexity index is 1020. The topological polar surface area (TPSA) is 54.0 Å². The van der Waals surface area contributed by atoms with Crippen molar-refractivity contribution in [2.24, 2.45) is 0 Å². The SMILES string of the molecule is O=C1Nc2ccc(SNc3cc(F)ccc3F)cc2/C1=C\c1nccs1. The van der Waals surface area contributed by atoms with E-state index in [4.69, 9.17) is 0 Å². The van der Waals surface area contributed by atoms with Gasteiger partial charge >= 0.3 is 0 Å². The van der Waals surface area contributed by atoms with E-state index < -0.39 is 11.6 Å². The Labute approximate surface area is 156 Å². The van der Waals surface area contributed by atoms with Gasteiger partial charge in [0.2, 0.25) is 0 Å². The minimum Gasteiger partial charge on any atom is -0.323 e. The molecule has 0 unspecified atom stereocenters. The Hall–Kier alpha value is -2.71. The maximum absolute atomic E-state index is 13.7. The van der Waals surface area contributed by atoms with Gasteiger partial charge in [0.25, 0.3) is 5.91 Å². The standard InChI is InChI=1S/C18H11F2N3OS2/c19-10-1-3-14(20)16(7-10)23-26-11-2-4-15-12(8-11)13(18(24)22-15)9-17-21-5-6-25-17/h1-9,23H,(H,22,24)/b13-9+. The lowest BCUT2D eigenvalue weighted by Gasteiger charge is -2.08. The lowest BCUT2D eigenvalue weighted by Crippen LogP contribution is -2.03. The number of aromatic nitrogens is 1. The Kier molecular flexibility index (Phi) is 4.44. The van der Waals surface area contributed by atoms with E-state index in [1.807, 2.05) is 11.4 Å². The van der Waals surface area contributed by atoms with Crippen molar-refractivity contribution in [1.29, 1.82) is 0 Å². The van der Waals surface area contributed by atoms with E-state index in [2.05, 4.69) is 15.0 Å². The highest BCUT2D eigenvalue weighted by molar-refractivity contribution is 8.00. The molecular weight excluding hydrogens is 376 g/mol. The quantitative estimate of drug-likeness (QED) is 0.487. The molecule has 0 fully saturated rings. The maximum Gasteiger partial charge on any atom is 0.256 e. The van der Waals surface area contributed by atoms with Crippen LogP contribution in [0.1, 0.15) is 10.6 Å². The van der Waals surface area contributed by atoms with Crippen molar-refractivity contribution in [2.45, 2.75) is 4.90 Å². The number of carbonyl (C=O) groups is 1. The van der Waals surface area contributed by atoms with Gasteiger partial charge in [-0.1, -0.05) is 0 Å². The fraction of sp³-hybridized carbons (Fsp3) is 0. The molecule has 3 aromatic rings. The third-order valence-corrected chi connectivity index (χ3v) is 5.23. The molecule has 130 valence electrons. The fourth-order valence-electron chi connectivity index (χ4n) is 2.49. The summed E-state index contributed by atoms with van der Waals surface area (Å²) in [6.45, 7) is 0. The van der Waals surface area contributed by atoms with Gasteiger partial charge in [0, 0.05) is 33.8 Å². The van der Waals surface area contributed by atoms with Crippen LogP contribution < -0.4 is 10.0 Å². The van der Waals surface area contributed by atoms with Crippen molar-refractivity contribution >= 4 is 52.2 Å². The summed E-state index contributed by atoms with van der Waals surface area (Å²) in [5.74, 6) is -1.25. The van der Waals surface area contributed by atoms with E-state index in [-0.39, 0.29) is 11.6 Å². The van der Waals surface area contributed by atoms with Crippen LogP contribution in [0.5, 0.6) is 0 Å². The van der Waals surface area contributed by atoms with Crippen LogP contribution in [-0.2, 0) is 4.79 Å². The zero-order valence-corrected chi connectivity index (χ0v) is 14.8. The van der Waals surface area contributed by atoms with Crippen LogP contribution in [-0.4, -0.2) is 10.9 Å². The second-order valence-corrected chi connectivity index (χ2v) is 7.22. The van der Waals surface area contributed by atoms with E-state index in [0.29, 0.717) is 11.3 Å². The molecular formula is C18H11F2N3OS2. The van der Waals surface area contributed by atoms with Gasteiger partial charge in [0.15, 0.2) is 0 Å². The van der Waals surface area contributed by atoms with E-state index in [9.17, 15) is 13.6 Å². The van der Waals surface area contributed by atoms with Gasteiger partial charge in [-0.25, -0.2) is 13.8 Å². The number of nitrogens with one attached hydrogen (secondary N) is 2. The minimum absolute atomic E-state index is 0.0586. The van der Waals surface area contributed by atoms with Crippen LogP contribution in [0.25, 0.3) is 11.6 Å². The predicted molar refractivity (Wildman–Crippen MR) is 101 cm³/mol. The fourth-order valence-corrected chi connectivity index (χ4v) is 3.76. The summed E-state index contributed by atoms with van der Waals surface area (Å²) in [5, 5.41) is 5.38. The summed E-state index contributed by atoms with van der Waals surface area (Å²) < 4.78 is 29.8. The molecule has 1 aliphatic heterocycles. The highest BCUT2D eigenvalue weighted by Gasteiger charge is 2.24. The number of hydrogen-bond acceptors (Lipinski definition) is 5. The Morgan fingerprint density at radius 3 is 2.88 bits per heavy atom. The number of benzene rings is 2. The van der Waals surface area contributed by atoms with Gasteiger partial charge in [-0.05, 0) is 48.4 Å². The Balaban J connectivity index is 1.60. The van der Waals surface area contributed by atoms with Gasteiger partial charge < -0.3 is 10.0 Å². The van der Waals surface area contributed by atoms with Crippen molar-refractivity contribution in [1.82, 2.24) is 4.98 Å². The highest BCUT2D eigenvalue weighted by atomic mass is 32.2. The van der Waals surface area contributed by atoms with Crippen LogP contribution in [0.15, 0.2) is 52.9 Å². The van der Waals surface area contributed by atoms with E-state index in [0.717, 1.165) is 45.6 Å². The van der Waals surface area contributed by atoms with Crippen LogP contribution in [0.2, 0.25) is 0 Å². The second-order valence-electron chi connectivity index (χ2n) is 5.42. The first-order valence-corrected chi connectivity index (χ1v) is 9.24. The lowest BCUT2D eigenvalue weighted by atomic mass is 10.1. The van der Waals surface area contributed by atoms with Crippen LogP contribution in [0, 0.1) is 11.6 Å². The molecule has 0 bridgehead atoms. The average molecular weight is 387 g/mol. The summed E-state index contributed by atoms with van der Waals surface area (Å²) in [5.41, 5.74) is 2.04. The zero-order valence-electron chi connectivity index (χ0n) is 13.1. The lowest BCUT2D eigenvalue weighted by molar-refractivity contribution is -0.110. The number of halogens is 2. The molecule has 0 saturated carbocycles. The van der Waals surface area contributed by atoms with Crippen molar-refractivity contribution in [3.63, 3.8) is 0 Å². The number of anilines is 2. The molecule has 8 heteroatoms. The monoisotopic (exact) mass is 387 g/mol. The van der Waals surface area contributed by atoms with E-state index >= 15 is 0 Å². The number of hydrogen-bond donors (Lipinski definition) is 2. The number of nitrogens with zero attached hydrogens (tertiary/aromatic N) is 1. The molecule has 1 amide bonds. The van der Waals surface area contributed by atoms with Crippen LogP contribution >= 0.6 is 23.3 Å². The highest BCUT2D eigenvalue weighted by Crippen LogP contribution is 2.36. The molecule has 1 aromatic heterocycles. The molecule has 0 atom stereocenters. The summed E-state index contributed by atoms with van der Waals surface area (Å²) in [6.07, 6.45) is 3.41. The second kappa shape index (κ2) is 6.89. The smallest absolute Gasteiger partial charge is 0.256 e.